The van der Waals surface area contributed by atoms with Crippen molar-refractivity contribution in [3.05, 3.63) is 35.4 Å². The Labute approximate surface area is 129 Å². The minimum Gasteiger partial charge on any atom is -0.379 e. The van der Waals surface area contributed by atoms with Crippen LogP contribution in [0.15, 0.2) is 24.3 Å². The fraction of sp³-hybridized carbons (Fsp3) is 0.667. The predicted octanol–water partition coefficient (Wildman–Crippen LogP) is 2.83. The molecule has 21 heavy (non-hydrogen) atoms. The molecule has 0 spiro atoms. The molecule has 1 fully saturated rings. The van der Waals surface area contributed by atoms with Gasteiger partial charge in [-0.2, -0.15) is 0 Å². The highest BCUT2D eigenvalue weighted by molar-refractivity contribution is 5.21. The van der Waals surface area contributed by atoms with E-state index >= 15 is 0 Å². The zero-order chi connectivity index (χ0) is 15.1. The van der Waals surface area contributed by atoms with Crippen molar-refractivity contribution in [2.45, 2.75) is 39.8 Å². The Morgan fingerprint density at radius 2 is 1.81 bits per heavy atom. The molecule has 1 saturated heterocycles. The van der Waals surface area contributed by atoms with E-state index in [2.05, 4.69) is 55.3 Å². The number of hydrogen-bond acceptors (Lipinski definition) is 3. The number of benzene rings is 1. The fourth-order valence-corrected chi connectivity index (χ4v) is 2.94. The molecule has 1 heterocycles. The van der Waals surface area contributed by atoms with Crippen LogP contribution < -0.4 is 5.32 Å². The van der Waals surface area contributed by atoms with E-state index in [0.29, 0.717) is 6.04 Å². The number of nitrogens with one attached hydrogen (secondary N) is 1. The van der Waals surface area contributed by atoms with Gasteiger partial charge in [0.25, 0.3) is 0 Å². The molecule has 1 aromatic rings. The smallest absolute Gasteiger partial charge is 0.0594 e. The summed E-state index contributed by atoms with van der Waals surface area (Å²) in [5.74, 6) is 0.735. The highest BCUT2D eigenvalue weighted by Crippen LogP contribution is 2.13. The van der Waals surface area contributed by atoms with Gasteiger partial charge in [0.2, 0.25) is 0 Å². The van der Waals surface area contributed by atoms with E-state index in [1.165, 1.54) is 17.5 Å². The highest BCUT2D eigenvalue weighted by Gasteiger charge is 2.21. The Balaban J connectivity index is 1.81. The standard InChI is InChI=1S/C18H30N2O/c1-15(2)12-18(20-8-10-21-11-9-20)14-19-13-17-6-4-16(3)5-7-17/h4-7,15,18-19H,8-14H2,1-3H3. The number of ether oxygens (including phenoxy) is 1. The lowest BCUT2D eigenvalue weighted by Crippen LogP contribution is -2.48. The van der Waals surface area contributed by atoms with Crippen LogP contribution in [0.4, 0.5) is 0 Å². The summed E-state index contributed by atoms with van der Waals surface area (Å²) in [6.45, 7) is 12.7. The molecule has 1 N–H and O–H groups in total. The second-order valence-electron chi connectivity index (χ2n) is 6.55. The Morgan fingerprint density at radius 1 is 1.14 bits per heavy atom. The van der Waals surface area contributed by atoms with Gasteiger partial charge in [-0.15, -0.1) is 0 Å². The molecule has 1 atom stereocenters. The summed E-state index contributed by atoms with van der Waals surface area (Å²) in [4.78, 5) is 2.59. The van der Waals surface area contributed by atoms with Crippen molar-refractivity contribution in [2.75, 3.05) is 32.8 Å². The summed E-state index contributed by atoms with van der Waals surface area (Å²) in [7, 11) is 0. The van der Waals surface area contributed by atoms with Gasteiger partial charge >= 0.3 is 0 Å². The van der Waals surface area contributed by atoms with Crippen molar-refractivity contribution in [2.24, 2.45) is 5.92 Å². The zero-order valence-electron chi connectivity index (χ0n) is 13.8. The molecule has 2 rings (SSSR count). The molecule has 0 amide bonds. The van der Waals surface area contributed by atoms with Gasteiger partial charge in [-0.25, -0.2) is 0 Å². The number of hydrogen-bond donors (Lipinski definition) is 1. The van der Waals surface area contributed by atoms with Gasteiger partial charge in [0.15, 0.2) is 0 Å². The van der Waals surface area contributed by atoms with Crippen LogP contribution in [0.2, 0.25) is 0 Å². The molecular formula is C18H30N2O. The van der Waals surface area contributed by atoms with Crippen molar-refractivity contribution in [1.29, 1.82) is 0 Å². The van der Waals surface area contributed by atoms with E-state index in [1.807, 2.05) is 0 Å². The summed E-state index contributed by atoms with van der Waals surface area (Å²) >= 11 is 0. The molecule has 0 saturated carbocycles. The maximum absolute atomic E-state index is 5.48. The molecule has 0 radical (unpaired) electrons. The highest BCUT2D eigenvalue weighted by atomic mass is 16.5. The average Bonchev–Trinajstić information content (AvgIpc) is 2.49. The number of rotatable bonds is 7. The summed E-state index contributed by atoms with van der Waals surface area (Å²) < 4.78 is 5.48. The fourth-order valence-electron chi connectivity index (χ4n) is 2.94. The number of nitrogens with zero attached hydrogens (tertiary/aromatic N) is 1. The summed E-state index contributed by atoms with van der Waals surface area (Å²) in [6, 6.07) is 9.43. The molecule has 118 valence electrons. The monoisotopic (exact) mass is 290 g/mol. The summed E-state index contributed by atoms with van der Waals surface area (Å²) in [5, 5.41) is 3.64. The van der Waals surface area contributed by atoms with Crippen molar-refractivity contribution in [3.8, 4) is 0 Å². The maximum atomic E-state index is 5.48. The maximum Gasteiger partial charge on any atom is 0.0594 e. The van der Waals surface area contributed by atoms with E-state index in [0.717, 1.165) is 45.3 Å². The first-order valence-corrected chi connectivity index (χ1v) is 8.23. The van der Waals surface area contributed by atoms with E-state index in [9.17, 15) is 0 Å². The van der Waals surface area contributed by atoms with Crippen molar-refractivity contribution < 1.29 is 4.74 Å². The molecule has 1 aliphatic rings. The normalized spacial score (nSPS) is 18.1. The van der Waals surface area contributed by atoms with Gasteiger partial charge in [0.1, 0.15) is 0 Å². The lowest BCUT2D eigenvalue weighted by Gasteiger charge is -2.35. The van der Waals surface area contributed by atoms with E-state index in [1.54, 1.807) is 0 Å². The summed E-state index contributed by atoms with van der Waals surface area (Å²) in [5.41, 5.74) is 2.69. The first-order valence-electron chi connectivity index (χ1n) is 8.23. The first-order chi connectivity index (χ1) is 10.1. The third kappa shape index (κ3) is 5.77. The Morgan fingerprint density at radius 3 is 2.43 bits per heavy atom. The van der Waals surface area contributed by atoms with Crippen LogP contribution in [0.25, 0.3) is 0 Å². The van der Waals surface area contributed by atoms with Gasteiger partial charge in [0.05, 0.1) is 13.2 Å². The second-order valence-corrected chi connectivity index (χ2v) is 6.55. The van der Waals surface area contributed by atoms with Gasteiger partial charge in [-0.3, -0.25) is 4.90 Å². The third-order valence-corrected chi connectivity index (χ3v) is 4.14. The largest absolute Gasteiger partial charge is 0.379 e. The molecule has 0 aromatic heterocycles. The molecule has 3 heteroatoms. The van der Waals surface area contributed by atoms with Gasteiger partial charge in [0, 0.05) is 32.2 Å². The molecule has 0 bridgehead atoms. The SMILES string of the molecule is Cc1ccc(CNCC(CC(C)C)N2CCOCC2)cc1. The molecular weight excluding hydrogens is 260 g/mol. The Kier molecular flexibility index (Phi) is 6.68. The van der Waals surface area contributed by atoms with Crippen LogP contribution in [-0.4, -0.2) is 43.8 Å². The minimum absolute atomic E-state index is 0.624. The van der Waals surface area contributed by atoms with Crippen LogP contribution in [0.1, 0.15) is 31.4 Å². The second kappa shape index (κ2) is 8.52. The van der Waals surface area contributed by atoms with Crippen LogP contribution in [0, 0.1) is 12.8 Å². The number of aryl methyl sites for hydroxylation is 1. The topological polar surface area (TPSA) is 24.5 Å². The Hall–Kier alpha value is -0.900. The van der Waals surface area contributed by atoms with Crippen LogP contribution >= 0.6 is 0 Å². The lowest BCUT2D eigenvalue weighted by atomic mass is 10.0. The van der Waals surface area contributed by atoms with Crippen LogP contribution in [0.3, 0.4) is 0 Å². The molecule has 1 aliphatic heterocycles. The zero-order valence-corrected chi connectivity index (χ0v) is 13.8. The van der Waals surface area contributed by atoms with E-state index < -0.39 is 0 Å². The molecule has 1 aromatic carbocycles. The first kappa shape index (κ1) is 16.5. The van der Waals surface area contributed by atoms with Crippen molar-refractivity contribution in [1.82, 2.24) is 10.2 Å². The van der Waals surface area contributed by atoms with Crippen molar-refractivity contribution >= 4 is 0 Å². The molecule has 0 aliphatic carbocycles. The number of morpholine rings is 1. The van der Waals surface area contributed by atoms with Crippen molar-refractivity contribution in [3.63, 3.8) is 0 Å². The van der Waals surface area contributed by atoms with Crippen LogP contribution in [-0.2, 0) is 11.3 Å². The van der Waals surface area contributed by atoms with Gasteiger partial charge < -0.3 is 10.1 Å². The van der Waals surface area contributed by atoms with E-state index in [4.69, 9.17) is 4.74 Å². The van der Waals surface area contributed by atoms with E-state index in [-0.39, 0.29) is 0 Å². The van der Waals surface area contributed by atoms with Gasteiger partial charge in [-0.1, -0.05) is 43.7 Å². The predicted molar refractivity (Wildman–Crippen MR) is 88.5 cm³/mol. The third-order valence-electron chi connectivity index (χ3n) is 4.14. The minimum atomic E-state index is 0.624. The van der Waals surface area contributed by atoms with Crippen LogP contribution in [0.5, 0.6) is 0 Å². The average molecular weight is 290 g/mol. The lowest BCUT2D eigenvalue weighted by molar-refractivity contribution is 0.0123. The quantitative estimate of drug-likeness (QED) is 0.836. The molecule has 1 unspecified atom stereocenters. The van der Waals surface area contributed by atoms with Gasteiger partial charge in [-0.05, 0) is 24.8 Å². The summed E-state index contributed by atoms with van der Waals surface area (Å²) in [6.07, 6.45) is 1.25. The molecule has 3 nitrogen and oxygen atoms in total. The Bertz CT molecular complexity index is 396.